The summed E-state index contributed by atoms with van der Waals surface area (Å²) in [4.78, 5) is 21.4. The first-order chi connectivity index (χ1) is 22.6. The normalized spacial score (nSPS) is 13.4. The number of benzene rings is 4. The molecule has 0 fully saturated rings. The van der Waals surface area contributed by atoms with Crippen LogP contribution < -0.4 is 0 Å². The van der Waals surface area contributed by atoms with Crippen LogP contribution in [-0.2, 0) is 30.3 Å². The first-order valence-electron chi connectivity index (χ1n) is 17.3. The van der Waals surface area contributed by atoms with Crippen LogP contribution in [0, 0.1) is 17.9 Å². The van der Waals surface area contributed by atoms with E-state index in [1.54, 1.807) is 6.33 Å². The number of ketones is 1. The second-order valence-electron chi connectivity index (χ2n) is 13.6. The standard InChI is InChI=1S/C30H25N2.C13H24O2.Ir/c1-18(2)24-16-21(15-20-10-6-7-11-22(20)24)28-27-26-23-12-8-5-9-19(23)13-14-25(26)30(3,4)29(27)32-17-31-28;1-5-10(6-2)12(14)9-13(15)11(7-3)8-4;/h5-14,16-18H,1-4H3;9-11,14H,5-8H2,1-4H3;/q-1;;/b;12-9-;. The molecule has 253 valence electrons. The summed E-state index contributed by atoms with van der Waals surface area (Å²) in [5.41, 5.74) is 8.02. The summed E-state index contributed by atoms with van der Waals surface area (Å²) in [6.45, 7) is 17.1. The number of allylic oxidation sites excluding steroid dienone is 2. The molecule has 0 bridgehead atoms. The fourth-order valence-electron chi connectivity index (χ4n) is 7.13. The van der Waals surface area contributed by atoms with Crippen molar-refractivity contribution in [2.45, 2.75) is 92.4 Å². The van der Waals surface area contributed by atoms with E-state index in [4.69, 9.17) is 9.97 Å². The van der Waals surface area contributed by atoms with E-state index in [1.165, 1.54) is 38.9 Å². The summed E-state index contributed by atoms with van der Waals surface area (Å²) in [5.74, 6) is 0.957. The van der Waals surface area contributed by atoms with Gasteiger partial charge < -0.3 is 5.11 Å². The van der Waals surface area contributed by atoms with Crippen LogP contribution in [0.5, 0.6) is 0 Å². The van der Waals surface area contributed by atoms with E-state index < -0.39 is 0 Å². The number of aliphatic hydroxyl groups is 1. The van der Waals surface area contributed by atoms with Crippen LogP contribution in [0.1, 0.15) is 104 Å². The molecule has 6 rings (SSSR count). The first kappa shape index (κ1) is 37.2. The smallest absolute Gasteiger partial charge is 0.162 e. The number of rotatable bonds is 9. The number of carbonyl (C=O) groups excluding carboxylic acids is 1. The molecule has 4 aromatic carbocycles. The van der Waals surface area contributed by atoms with Gasteiger partial charge in [-0.1, -0.05) is 121 Å². The molecule has 0 saturated carbocycles. The van der Waals surface area contributed by atoms with Crippen LogP contribution in [0.4, 0.5) is 0 Å². The minimum absolute atomic E-state index is 0. The van der Waals surface area contributed by atoms with E-state index in [-0.39, 0.29) is 48.9 Å². The molecule has 1 radical (unpaired) electrons. The molecule has 0 aliphatic heterocycles. The Morgan fingerprint density at radius 2 is 1.46 bits per heavy atom. The number of carbonyl (C=O) groups is 1. The van der Waals surface area contributed by atoms with E-state index in [9.17, 15) is 9.90 Å². The maximum atomic E-state index is 11.7. The Hall–Kier alpha value is -3.66. The van der Waals surface area contributed by atoms with E-state index in [2.05, 4.69) is 100 Å². The largest absolute Gasteiger partial charge is 0.512 e. The van der Waals surface area contributed by atoms with Gasteiger partial charge in [0.15, 0.2) is 5.78 Å². The van der Waals surface area contributed by atoms with Crippen molar-refractivity contribution in [1.82, 2.24) is 9.97 Å². The average molecular weight is 818 g/mol. The third-order valence-corrected chi connectivity index (χ3v) is 10.1. The number of fused-ring (bicyclic) bond motifs is 6. The molecule has 1 aromatic heterocycles. The zero-order valence-corrected chi connectivity index (χ0v) is 32.0. The molecule has 48 heavy (non-hydrogen) atoms. The molecule has 1 aliphatic rings. The minimum atomic E-state index is -0.176. The van der Waals surface area contributed by atoms with Crippen LogP contribution in [0.2, 0.25) is 0 Å². The molecule has 1 heterocycles. The van der Waals surface area contributed by atoms with Crippen molar-refractivity contribution >= 4 is 27.3 Å². The maximum Gasteiger partial charge on any atom is 0.162 e. The molecule has 0 atom stereocenters. The molecule has 0 amide bonds. The van der Waals surface area contributed by atoms with Crippen LogP contribution in [0.3, 0.4) is 0 Å². The van der Waals surface area contributed by atoms with Crippen molar-refractivity contribution in [3.05, 3.63) is 108 Å². The Balaban J connectivity index is 0.000000279. The van der Waals surface area contributed by atoms with Gasteiger partial charge in [0.25, 0.3) is 0 Å². The maximum absolute atomic E-state index is 11.7. The van der Waals surface area contributed by atoms with E-state index in [0.717, 1.165) is 53.6 Å². The predicted molar refractivity (Wildman–Crippen MR) is 197 cm³/mol. The van der Waals surface area contributed by atoms with Gasteiger partial charge in [-0.2, -0.15) is 0 Å². The molecule has 0 unspecified atom stereocenters. The van der Waals surface area contributed by atoms with Gasteiger partial charge in [0.05, 0.1) is 11.5 Å². The zero-order valence-electron chi connectivity index (χ0n) is 29.6. The summed E-state index contributed by atoms with van der Waals surface area (Å²) >= 11 is 0. The van der Waals surface area contributed by atoms with Gasteiger partial charge in [-0.3, -0.25) is 9.78 Å². The SMILES string of the molecule is CC(C)c1cc(-c2ncnc3c2-c2c(ccc4ccccc24)C3(C)C)[c-]c2ccccc12.CCC(CC)C(=O)/C=C(\O)C(CC)CC.[Ir]. The quantitative estimate of drug-likeness (QED) is 0.0914. The van der Waals surface area contributed by atoms with Crippen LogP contribution in [-0.4, -0.2) is 20.9 Å². The summed E-state index contributed by atoms with van der Waals surface area (Å²) in [7, 11) is 0. The predicted octanol–water partition coefficient (Wildman–Crippen LogP) is 11.5. The Labute approximate surface area is 300 Å². The average Bonchev–Trinajstić information content (AvgIpc) is 3.32. The summed E-state index contributed by atoms with van der Waals surface area (Å²) < 4.78 is 0. The first-order valence-corrected chi connectivity index (χ1v) is 17.3. The summed E-state index contributed by atoms with van der Waals surface area (Å²) in [6.07, 6.45) is 6.63. The number of aliphatic hydroxyl groups excluding tert-OH is 1. The van der Waals surface area contributed by atoms with Gasteiger partial charge in [0.1, 0.15) is 6.33 Å². The van der Waals surface area contributed by atoms with Gasteiger partial charge in [0.2, 0.25) is 0 Å². The zero-order chi connectivity index (χ0) is 33.9. The van der Waals surface area contributed by atoms with Crippen LogP contribution >= 0.6 is 0 Å². The molecular formula is C43H49IrN2O2-. The van der Waals surface area contributed by atoms with Crippen molar-refractivity contribution in [1.29, 1.82) is 0 Å². The Kier molecular flexibility index (Phi) is 12.2. The number of nitrogens with zero attached hydrogens (tertiary/aromatic N) is 2. The second-order valence-corrected chi connectivity index (χ2v) is 13.6. The molecule has 1 aliphatic carbocycles. The molecule has 5 aromatic rings. The van der Waals surface area contributed by atoms with E-state index in [0.29, 0.717) is 5.92 Å². The third-order valence-electron chi connectivity index (χ3n) is 10.1. The fourth-order valence-corrected chi connectivity index (χ4v) is 7.13. The number of hydrogen-bond acceptors (Lipinski definition) is 4. The van der Waals surface area contributed by atoms with Gasteiger partial charge in [-0.15, -0.1) is 29.1 Å². The molecule has 0 saturated heterocycles. The molecule has 0 spiro atoms. The Bertz CT molecular complexity index is 1930. The van der Waals surface area contributed by atoms with Crippen LogP contribution in [0.15, 0.2) is 84.9 Å². The topological polar surface area (TPSA) is 63.1 Å². The van der Waals surface area contributed by atoms with E-state index in [1.807, 2.05) is 27.7 Å². The van der Waals surface area contributed by atoms with Crippen LogP contribution in [0.25, 0.3) is 43.9 Å². The Morgan fingerprint density at radius 1 is 0.833 bits per heavy atom. The summed E-state index contributed by atoms with van der Waals surface area (Å²) in [5, 5.41) is 14.7. The molecule has 5 heteroatoms. The minimum Gasteiger partial charge on any atom is -0.512 e. The molecule has 1 N–H and O–H groups in total. The Morgan fingerprint density at radius 3 is 2.10 bits per heavy atom. The van der Waals surface area contributed by atoms with Crippen molar-refractivity contribution < 1.29 is 30.0 Å². The van der Waals surface area contributed by atoms with Crippen molar-refractivity contribution in [2.75, 3.05) is 0 Å². The second kappa shape index (κ2) is 15.7. The van der Waals surface area contributed by atoms with Gasteiger partial charge in [0, 0.05) is 49.1 Å². The van der Waals surface area contributed by atoms with E-state index >= 15 is 0 Å². The number of hydrogen-bond donors (Lipinski definition) is 1. The van der Waals surface area contributed by atoms with Crippen molar-refractivity contribution in [3.63, 3.8) is 0 Å². The van der Waals surface area contributed by atoms with Gasteiger partial charge in [-0.05, 0) is 59.1 Å². The third kappa shape index (κ3) is 7.05. The monoisotopic (exact) mass is 818 g/mol. The molecule has 4 nitrogen and oxygen atoms in total. The summed E-state index contributed by atoms with van der Waals surface area (Å²) in [6, 6.07) is 27.6. The fraction of sp³-hybridized carbons (Fsp3) is 0.372. The van der Waals surface area contributed by atoms with Gasteiger partial charge >= 0.3 is 0 Å². The van der Waals surface area contributed by atoms with Crippen molar-refractivity contribution in [3.8, 4) is 22.4 Å². The van der Waals surface area contributed by atoms with Crippen molar-refractivity contribution in [2.24, 2.45) is 11.8 Å². The van der Waals surface area contributed by atoms with Gasteiger partial charge in [-0.25, -0.2) is 4.98 Å². The number of aromatic nitrogens is 2. The molecular weight excluding hydrogens is 769 g/mol.